The number of rotatable bonds is 3. The SMILES string of the molecule is CCOC(=O)C1CC(C(=O)O)CCC1=O. The van der Waals surface area contributed by atoms with Gasteiger partial charge in [-0.2, -0.15) is 0 Å². The Morgan fingerprint density at radius 1 is 1.53 bits per heavy atom. The molecule has 2 atom stereocenters. The molecule has 2 unspecified atom stereocenters. The summed E-state index contributed by atoms with van der Waals surface area (Å²) < 4.78 is 4.73. The van der Waals surface area contributed by atoms with Crippen LogP contribution in [0.2, 0.25) is 0 Å². The van der Waals surface area contributed by atoms with Crippen molar-refractivity contribution < 1.29 is 24.2 Å². The molecule has 0 radical (unpaired) electrons. The summed E-state index contributed by atoms with van der Waals surface area (Å²) >= 11 is 0. The van der Waals surface area contributed by atoms with Crippen molar-refractivity contribution in [2.75, 3.05) is 6.61 Å². The molecule has 0 saturated heterocycles. The topological polar surface area (TPSA) is 80.7 Å². The Labute approximate surface area is 87.4 Å². The lowest BCUT2D eigenvalue weighted by Crippen LogP contribution is -2.35. The largest absolute Gasteiger partial charge is 0.481 e. The zero-order valence-corrected chi connectivity index (χ0v) is 8.56. The molecule has 0 aromatic heterocycles. The van der Waals surface area contributed by atoms with E-state index in [4.69, 9.17) is 9.84 Å². The van der Waals surface area contributed by atoms with Crippen LogP contribution in [-0.2, 0) is 19.1 Å². The van der Waals surface area contributed by atoms with Gasteiger partial charge in [0.05, 0.1) is 12.5 Å². The van der Waals surface area contributed by atoms with Crippen molar-refractivity contribution in [2.45, 2.75) is 26.2 Å². The number of ketones is 1. The Bertz CT molecular complexity index is 284. The molecule has 1 N–H and O–H groups in total. The number of carboxylic acids is 1. The maximum absolute atomic E-state index is 11.4. The van der Waals surface area contributed by atoms with Crippen LogP contribution in [0.25, 0.3) is 0 Å². The van der Waals surface area contributed by atoms with Gasteiger partial charge in [0.25, 0.3) is 0 Å². The third-order valence-electron chi connectivity index (χ3n) is 2.57. The molecular weight excluding hydrogens is 200 g/mol. The minimum atomic E-state index is -0.947. The Morgan fingerprint density at radius 3 is 2.73 bits per heavy atom. The lowest BCUT2D eigenvalue weighted by atomic mass is 9.80. The summed E-state index contributed by atoms with van der Waals surface area (Å²) in [5.74, 6) is -3.21. The van der Waals surface area contributed by atoms with Crippen LogP contribution in [0.4, 0.5) is 0 Å². The fourth-order valence-electron chi connectivity index (χ4n) is 1.72. The second-order valence-electron chi connectivity index (χ2n) is 3.58. The van der Waals surface area contributed by atoms with Crippen molar-refractivity contribution in [1.29, 1.82) is 0 Å². The van der Waals surface area contributed by atoms with Gasteiger partial charge in [0.1, 0.15) is 11.7 Å². The molecule has 0 bridgehead atoms. The average molecular weight is 214 g/mol. The zero-order valence-electron chi connectivity index (χ0n) is 8.56. The van der Waals surface area contributed by atoms with Crippen molar-refractivity contribution in [2.24, 2.45) is 11.8 Å². The van der Waals surface area contributed by atoms with Crippen molar-refractivity contribution in [1.82, 2.24) is 0 Å². The molecule has 0 aromatic rings. The van der Waals surface area contributed by atoms with Gasteiger partial charge in [-0.15, -0.1) is 0 Å². The highest BCUT2D eigenvalue weighted by molar-refractivity contribution is 6.00. The van der Waals surface area contributed by atoms with Crippen molar-refractivity contribution in [3.63, 3.8) is 0 Å². The molecular formula is C10H14O5. The highest BCUT2D eigenvalue weighted by atomic mass is 16.5. The van der Waals surface area contributed by atoms with Gasteiger partial charge in [0.2, 0.25) is 0 Å². The molecule has 0 spiro atoms. The lowest BCUT2D eigenvalue weighted by Gasteiger charge is -2.23. The molecule has 1 fully saturated rings. The van der Waals surface area contributed by atoms with Gasteiger partial charge >= 0.3 is 11.9 Å². The lowest BCUT2D eigenvalue weighted by molar-refractivity contribution is -0.155. The molecule has 5 heteroatoms. The molecule has 5 nitrogen and oxygen atoms in total. The summed E-state index contributed by atoms with van der Waals surface area (Å²) in [6.07, 6.45) is 0.553. The predicted octanol–water partition coefficient (Wildman–Crippen LogP) is 0.620. The maximum Gasteiger partial charge on any atom is 0.316 e. The van der Waals surface area contributed by atoms with Crippen molar-refractivity contribution in [3.05, 3.63) is 0 Å². The Balaban J connectivity index is 2.65. The minimum absolute atomic E-state index is 0.0764. The van der Waals surface area contributed by atoms with E-state index < -0.39 is 23.8 Å². The molecule has 1 rings (SSSR count). The van der Waals surface area contributed by atoms with Gasteiger partial charge in [-0.05, 0) is 19.8 Å². The standard InChI is InChI=1S/C10H14O5/c1-2-15-10(14)7-5-6(9(12)13)3-4-8(7)11/h6-7H,2-5H2,1H3,(H,12,13). The van der Waals surface area contributed by atoms with Gasteiger partial charge in [-0.1, -0.05) is 0 Å². The molecule has 0 aromatic carbocycles. The molecule has 0 aliphatic heterocycles. The highest BCUT2D eigenvalue weighted by Crippen LogP contribution is 2.27. The van der Waals surface area contributed by atoms with Crippen LogP contribution in [0.3, 0.4) is 0 Å². The molecule has 1 aliphatic rings. The van der Waals surface area contributed by atoms with Gasteiger partial charge in [-0.25, -0.2) is 0 Å². The van der Waals surface area contributed by atoms with Gasteiger partial charge in [0.15, 0.2) is 0 Å². The van der Waals surface area contributed by atoms with E-state index in [0.29, 0.717) is 6.42 Å². The number of hydrogen-bond donors (Lipinski definition) is 1. The first kappa shape index (κ1) is 11.7. The number of ether oxygens (including phenoxy) is 1. The Hall–Kier alpha value is -1.39. The summed E-state index contributed by atoms with van der Waals surface area (Å²) in [6, 6.07) is 0. The van der Waals surface area contributed by atoms with Crippen LogP contribution >= 0.6 is 0 Å². The summed E-state index contributed by atoms with van der Waals surface area (Å²) in [5, 5.41) is 8.79. The third kappa shape index (κ3) is 2.78. The van der Waals surface area contributed by atoms with Gasteiger partial charge < -0.3 is 9.84 Å². The fourth-order valence-corrected chi connectivity index (χ4v) is 1.72. The second-order valence-corrected chi connectivity index (χ2v) is 3.58. The summed E-state index contributed by atoms with van der Waals surface area (Å²) in [7, 11) is 0. The van der Waals surface area contributed by atoms with Crippen LogP contribution in [0.15, 0.2) is 0 Å². The average Bonchev–Trinajstić information content (AvgIpc) is 2.18. The van der Waals surface area contributed by atoms with E-state index in [2.05, 4.69) is 0 Å². The second kappa shape index (κ2) is 4.91. The Morgan fingerprint density at radius 2 is 2.20 bits per heavy atom. The number of esters is 1. The van der Waals surface area contributed by atoms with Crippen molar-refractivity contribution in [3.8, 4) is 0 Å². The minimum Gasteiger partial charge on any atom is -0.481 e. The predicted molar refractivity (Wildman–Crippen MR) is 50.1 cm³/mol. The zero-order chi connectivity index (χ0) is 11.4. The molecule has 15 heavy (non-hydrogen) atoms. The monoisotopic (exact) mass is 214 g/mol. The van der Waals surface area contributed by atoms with E-state index in [1.807, 2.05) is 0 Å². The number of carbonyl (C=O) groups excluding carboxylic acids is 2. The van der Waals surface area contributed by atoms with E-state index in [9.17, 15) is 14.4 Å². The first-order valence-electron chi connectivity index (χ1n) is 4.98. The van der Waals surface area contributed by atoms with Gasteiger partial charge in [0, 0.05) is 6.42 Å². The van der Waals surface area contributed by atoms with Crippen LogP contribution in [0.1, 0.15) is 26.2 Å². The highest BCUT2D eigenvalue weighted by Gasteiger charge is 2.37. The summed E-state index contributed by atoms with van der Waals surface area (Å²) in [5.41, 5.74) is 0. The first-order chi connectivity index (χ1) is 7.06. The number of carboxylic acid groups (broad SMARTS) is 1. The molecule has 1 aliphatic carbocycles. The van der Waals surface area contributed by atoms with E-state index in [1.165, 1.54) is 0 Å². The molecule has 1 saturated carbocycles. The number of carbonyl (C=O) groups is 3. The molecule has 0 heterocycles. The molecule has 84 valence electrons. The van der Waals surface area contributed by atoms with E-state index in [-0.39, 0.29) is 25.2 Å². The van der Waals surface area contributed by atoms with E-state index >= 15 is 0 Å². The van der Waals surface area contributed by atoms with Crippen LogP contribution in [-0.4, -0.2) is 29.4 Å². The fraction of sp³-hybridized carbons (Fsp3) is 0.700. The smallest absolute Gasteiger partial charge is 0.316 e. The van der Waals surface area contributed by atoms with E-state index in [0.717, 1.165) is 0 Å². The Kier molecular flexibility index (Phi) is 3.82. The number of hydrogen-bond acceptors (Lipinski definition) is 4. The number of aliphatic carboxylic acids is 1. The van der Waals surface area contributed by atoms with Gasteiger partial charge in [-0.3, -0.25) is 14.4 Å². The van der Waals surface area contributed by atoms with Crippen LogP contribution in [0.5, 0.6) is 0 Å². The van der Waals surface area contributed by atoms with Crippen LogP contribution in [0, 0.1) is 11.8 Å². The normalized spacial score (nSPS) is 26.1. The van der Waals surface area contributed by atoms with Crippen molar-refractivity contribution >= 4 is 17.7 Å². The number of Topliss-reactive ketones (excluding diaryl/α,β-unsaturated/α-hetero) is 1. The first-order valence-corrected chi connectivity index (χ1v) is 4.98. The summed E-state index contributed by atoms with van der Waals surface area (Å²) in [4.78, 5) is 33.4. The van der Waals surface area contributed by atoms with E-state index in [1.54, 1.807) is 6.92 Å². The quantitative estimate of drug-likeness (QED) is 0.550. The maximum atomic E-state index is 11.4. The third-order valence-corrected chi connectivity index (χ3v) is 2.57. The summed E-state index contributed by atoms with van der Waals surface area (Å²) in [6.45, 7) is 1.86. The molecule has 0 amide bonds. The van der Waals surface area contributed by atoms with Crippen LogP contribution < -0.4 is 0 Å².